The van der Waals surface area contributed by atoms with Gasteiger partial charge in [-0.25, -0.2) is 4.79 Å². The quantitative estimate of drug-likeness (QED) is 0.826. The number of hydrogen-bond acceptors (Lipinski definition) is 2. The molecule has 4 rings (SSSR count). The number of benzene rings is 1. The third-order valence-corrected chi connectivity index (χ3v) is 5.14. The van der Waals surface area contributed by atoms with Crippen LogP contribution in [0.15, 0.2) is 36.4 Å². The van der Waals surface area contributed by atoms with Crippen LogP contribution >= 0.6 is 0 Å². The minimum atomic E-state index is -0.855. The Balaban J connectivity index is 1.54. The molecule has 1 saturated heterocycles. The molecular formula is C16H17NO2. The molecule has 2 bridgehead atoms. The van der Waals surface area contributed by atoms with Crippen LogP contribution in [0.4, 0.5) is 5.69 Å². The highest BCUT2D eigenvalue weighted by molar-refractivity contribution is 5.88. The first-order chi connectivity index (χ1) is 9.22. The maximum Gasteiger partial charge on any atom is 0.335 e. The molecule has 0 spiro atoms. The predicted molar refractivity (Wildman–Crippen MR) is 73.3 cm³/mol. The molecule has 98 valence electrons. The van der Waals surface area contributed by atoms with Crippen LogP contribution in [-0.4, -0.2) is 24.2 Å². The molecule has 0 amide bonds. The molecule has 1 aromatic carbocycles. The van der Waals surface area contributed by atoms with E-state index >= 15 is 0 Å². The topological polar surface area (TPSA) is 40.5 Å². The lowest BCUT2D eigenvalue weighted by Gasteiger charge is -2.20. The fourth-order valence-electron chi connectivity index (χ4n) is 4.18. The van der Waals surface area contributed by atoms with Gasteiger partial charge >= 0.3 is 5.97 Å². The summed E-state index contributed by atoms with van der Waals surface area (Å²) in [6, 6.07) is 7.30. The van der Waals surface area contributed by atoms with Gasteiger partial charge in [-0.3, -0.25) is 0 Å². The van der Waals surface area contributed by atoms with Gasteiger partial charge in [0, 0.05) is 18.8 Å². The Hall–Kier alpha value is -1.77. The number of rotatable bonds is 2. The summed E-state index contributed by atoms with van der Waals surface area (Å²) in [6.45, 7) is 2.26. The van der Waals surface area contributed by atoms with Crippen LogP contribution in [0.1, 0.15) is 16.8 Å². The second-order valence-electron chi connectivity index (χ2n) is 6.03. The van der Waals surface area contributed by atoms with Crippen LogP contribution in [0.2, 0.25) is 0 Å². The monoisotopic (exact) mass is 255 g/mol. The zero-order chi connectivity index (χ0) is 13.0. The number of allylic oxidation sites excluding steroid dienone is 2. The average molecular weight is 255 g/mol. The van der Waals surface area contributed by atoms with E-state index in [2.05, 4.69) is 17.1 Å². The Bertz CT molecular complexity index is 528. The lowest BCUT2D eigenvalue weighted by Crippen LogP contribution is -2.22. The Kier molecular flexibility index (Phi) is 2.25. The Morgan fingerprint density at radius 1 is 1.05 bits per heavy atom. The van der Waals surface area contributed by atoms with Gasteiger partial charge in [-0.1, -0.05) is 12.2 Å². The van der Waals surface area contributed by atoms with Gasteiger partial charge in [0.2, 0.25) is 0 Å². The number of carboxylic acids is 1. The zero-order valence-corrected chi connectivity index (χ0v) is 10.7. The van der Waals surface area contributed by atoms with Crippen molar-refractivity contribution < 1.29 is 9.90 Å². The molecule has 1 aromatic rings. The van der Waals surface area contributed by atoms with Crippen molar-refractivity contribution in [3.63, 3.8) is 0 Å². The number of aromatic carboxylic acids is 1. The van der Waals surface area contributed by atoms with E-state index in [0.717, 1.165) is 36.8 Å². The van der Waals surface area contributed by atoms with Crippen molar-refractivity contribution in [3.8, 4) is 0 Å². The van der Waals surface area contributed by atoms with Crippen LogP contribution in [0.3, 0.4) is 0 Å². The van der Waals surface area contributed by atoms with Gasteiger partial charge in [-0.05, 0) is 54.4 Å². The van der Waals surface area contributed by atoms with Crippen molar-refractivity contribution in [2.24, 2.45) is 23.7 Å². The van der Waals surface area contributed by atoms with E-state index in [9.17, 15) is 4.79 Å². The summed E-state index contributed by atoms with van der Waals surface area (Å²) in [4.78, 5) is 13.3. The van der Waals surface area contributed by atoms with Crippen molar-refractivity contribution in [1.29, 1.82) is 0 Å². The SMILES string of the molecule is O=C(O)c1ccc(N2C[C@@H]3[C@H](C2)[C@@H]2C=C[C@H]3C2)cc1. The maximum absolute atomic E-state index is 10.9. The largest absolute Gasteiger partial charge is 0.478 e. The Labute approximate surface area is 112 Å². The number of hydrogen-bond donors (Lipinski definition) is 1. The lowest BCUT2D eigenvalue weighted by molar-refractivity contribution is 0.0697. The van der Waals surface area contributed by atoms with Crippen molar-refractivity contribution in [2.75, 3.05) is 18.0 Å². The molecule has 3 nitrogen and oxygen atoms in total. The second-order valence-corrected chi connectivity index (χ2v) is 6.03. The molecule has 19 heavy (non-hydrogen) atoms. The van der Waals surface area contributed by atoms with E-state index in [1.165, 1.54) is 12.1 Å². The molecular weight excluding hydrogens is 238 g/mol. The van der Waals surface area contributed by atoms with Gasteiger partial charge in [-0.2, -0.15) is 0 Å². The van der Waals surface area contributed by atoms with Gasteiger partial charge < -0.3 is 10.0 Å². The summed E-state index contributed by atoms with van der Waals surface area (Å²) < 4.78 is 0. The van der Waals surface area contributed by atoms with Crippen molar-refractivity contribution in [3.05, 3.63) is 42.0 Å². The summed E-state index contributed by atoms with van der Waals surface area (Å²) >= 11 is 0. The molecule has 0 unspecified atom stereocenters. The van der Waals surface area contributed by atoms with Crippen molar-refractivity contribution >= 4 is 11.7 Å². The van der Waals surface area contributed by atoms with Crippen molar-refractivity contribution in [1.82, 2.24) is 0 Å². The van der Waals surface area contributed by atoms with Gasteiger partial charge in [-0.15, -0.1) is 0 Å². The van der Waals surface area contributed by atoms with Crippen molar-refractivity contribution in [2.45, 2.75) is 6.42 Å². The Morgan fingerprint density at radius 3 is 2.16 bits per heavy atom. The third-order valence-electron chi connectivity index (χ3n) is 5.14. The molecule has 1 heterocycles. The highest BCUT2D eigenvalue weighted by Gasteiger charge is 2.49. The molecule has 2 fully saturated rings. The standard InChI is InChI=1S/C16H17NO2/c18-16(19)10-3-5-13(6-4-10)17-8-14-11-1-2-12(7-11)15(14)9-17/h1-6,11-12,14-15H,7-9H2,(H,18,19)/t11-,12+,14-,15+. The molecule has 1 aliphatic heterocycles. The zero-order valence-electron chi connectivity index (χ0n) is 10.7. The third kappa shape index (κ3) is 1.61. The number of carbonyl (C=O) groups is 1. The summed E-state index contributed by atoms with van der Waals surface area (Å²) in [7, 11) is 0. The second kappa shape index (κ2) is 3.86. The van der Waals surface area contributed by atoms with Crippen LogP contribution < -0.4 is 4.90 Å². The maximum atomic E-state index is 10.9. The normalized spacial score (nSPS) is 34.8. The molecule has 0 aromatic heterocycles. The van der Waals surface area contributed by atoms with E-state index in [1.54, 1.807) is 12.1 Å². The van der Waals surface area contributed by atoms with Crippen LogP contribution in [0.5, 0.6) is 0 Å². The highest BCUT2D eigenvalue weighted by atomic mass is 16.4. The first-order valence-electron chi connectivity index (χ1n) is 6.99. The summed E-state index contributed by atoms with van der Waals surface area (Å²) in [5, 5.41) is 8.93. The lowest BCUT2D eigenvalue weighted by atomic mass is 9.86. The van der Waals surface area contributed by atoms with Crippen LogP contribution in [0.25, 0.3) is 0 Å². The van der Waals surface area contributed by atoms with E-state index in [4.69, 9.17) is 5.11 Å². The molecule has 4 atom stereocenters. The predicted octanol–water partition coefficient (Wildman–Crippen LogP) is 2.64. The van der Waals surface area contributed by atoms with Gasteiger partial charge in [0.25, 0.3) is 0 Å². The first kappa shape index (κ1) is 11.1. The fourth-order valence-corrected chi connectivity index (χ4v) is 4.18. The van der Waals surface area contributed by atoms with Gasteiger partial charge in [0.15, 0.2) is 0 Å². The number of nitrogens with zero attached hydrogens (tertiary/aromatic N) is 1. The van der Waals surface area contributed by atoms with E-state index in [1.807, 2.05) is 12.1 Å². The average Bonchev–Trinajstić information content (AvgIpc) is 3.11. The number of carboxylic acid groups (broad SMARTS) is 1. The molecule has 3 aliphatic rings. The van der Waals surface area contributed by atoms with E-state index in [0.29, 0.717) is 5.56 Å². The molecule has 0 radical (unpaired) electrons. The smallest absolute Gasteiger partial charge is 0.335 e. The molecule has 1 saturated carbocycles. The van der Waals surface area contributed by atoms with Gasteiger partial charge in [0.1, 0.15) is 0 Å². The van der Waals surface area contributed by atoms with Gasteiger partial charge in [0.05, 0.1) is 5.56 Å². The minimum Gasteiger partial charge on any atom is -0.478 e. The summed E-state index contributed by atoms with van der Waals surface area (Å²) in [5.41, 5.74) is 1.53. The molecule has 2 aliphatic carbocycles. The number of fused-ring (bicyclic) bond motifs is 5. The first-order valence-corrected chi connectivity index (χ1v) is 6.99. The van der Waals surface area contributed by atoms with E-state index in [-0.39, 0.29) is 0 Å². The van der Waals surface area contributed by atoms with Crippen LogP contribution in [0, 0.1) is 23.7 Å². The van der Waals surface area contributed by atoms with E-state index < -0.39 is 5.97 Å². The Morgan fingerprint density at radius 2 is 1.63 bits per heavy atom. The summed E-state index contributed by atoms with van der Waals surface area (Å²) in [6.07, 6.45) is 6.17. The number of anilines is 1. The minimum absolute atomic E-state index is 0.366. The van der Waals surface area contributed by atoms with Crippen LogP contribution in [-0.2, 0) is 0 Å². The molecule has 3 heteroatoms. The molecule has 1 N–H and O–H groups in total. The summed E-state index contributed by atoms with van der Waals surface area (Å²) in [5.74, 6) is 2.35. The fraction of sp³-hybridized carbons (Fsp3) is 0.438. The highest BCUT2D eigenvalue weighted by Crippen LogP contribution is 2.51.